The molecule has 0 bridgehead atoms. The largest absolute Gasteiger partial charge is 0.497 e. The van der Waals surface area contributed by atoms with Gasteiger partial charge in [0.25, 0.3) is 0 Å². The average molecular weight is 289 g/mol. The monoisotopic (exact) mass is 289 g/mol. The molecule has 1 heterocycles. The van der Waals surface area contributed by atoms with E-state index in [-0.39, 0.29) is 11.6 Å². The minimum Gasteiger partial charge on any atom is -0.497 e. The molecule has 1 aromatic heterocycles. The van der Waals surface area contributed by atoms with Gasteiger partial charge in [0, 0.05) is 18.3 Å². The Morgan fingerprint density at radius 1 is 1.29 bits per heavy atom. The lowest BCUT2D eigenvalue weighted by molar-refractivity contribution is 0.0695. The number of benzene rings is 1. The number of rotatable bonds is 4. The van der Waals surface area contributed by atoms with Crippen molar-refractivity contribution in [2.24, 2.45) is 0 Å². The first kappa shape index (κ1) is 13.5. The maximum atomic E-state index is 12.4. The van der Waals surface area contributed by atoms with Crippen LogP contribution in [-0.2, 0) is 0 Å². The maximum absolute atomic E-state index is 12.4. The number of methoxy groups -OCH3 is 2. The quantitative estimate of drug-likeness (QED) is 0.932. The van der Waals surface area contributed by atoms with E-state index in [1.807, 2.05) is 4.57 Å². The molecule has 1 aliphatic carbocycles. The fourth-order valence-electron chi connectivity index (χ4n) is 2.50. The van der Waals surface area contributed by atoms with Gasteiger partial charge in [-0.3, -0.25) is 4.79 Å². The van der Waals surface area contributed by atoms with Gasteiger partial charge < -0.3 is 19.1 Å². The van der Waals surface area contributed by atoms with Crippen LogP contribution in [0.1, 0.15) is 29.2 Å². The molecule has 1 fully saturated rings. The normalized spacial score (nSPS) is 14.2. The van der Waals surface area contributed by atoms with Crippen LogP contribution in [0.2, 0.25) is 0 Å². The molecule has 0 radical (unpaired) electrons. The van der Waals surface area contributed by atoms with Gasteiger partial charge in [-0.25, -0.2) is 4.79 Å². The number of hydrogen-bond acceptors (Lipinski definition) is 4. The lowest BCUT2D eigenvalue weighted by Crippen LogP contribution is -2.19. The minimum atomic E-state index is -1.22. The van der Waals surface area contributed by atoms with Crippen molar-refractivity contribution < 1.29 is 19.4 Å². The van der Waals surface area contributed by atoms with Crippen LogP contribution in [0.4, 0.5) is 0 Å². The Hall–Kier alpha value is -2.50. The van der Waals surface area contributed by atoms with Crippen LogP contribution in [0, 0.1) is 0 Å². The Morgan fingerprint density at radius 3 is 2.52 bits per heavy atom. The van der Waals surface area contributed by atoms with E-state index in [0.29, 0.717) is 22.4 Å². The third-order valence-corrected chi connectivity index (χ3v) is 3.69. The molecule has 21 heavy (non-hydrogen) atoms. The number of ether oxygens (including phenoxy) is 2. The number of carbonyl (C=O) groups is 1. The highest BCUT2D eigenvalue weighted by Gasteiger charge is 2.28. The summed E-state index contributed by atoms with van der Waals surface area (Å²) in [5.41, 5.74) is -0.132. The van der Waals surface area contributed by atoms with Crippen LogP contribution in [0.3, 0.4) is 0 Å². The Bertz CT molecular complexity index is 789. The molecule has 1 N–H and O–H groups in total. The summed E-state index contributed by atoms with van der Waals surface area (Å²) in [6, 6.07) is 3.47. The van der Waals surface area contributed by atoms with Crippen LogP contribution in [0.25, 0.3) is 10.9 Å². The number of carboxylic acids is 1. The molecular formula is C15H15NO5. The first-order chi connectivity index (χ1) is 10.1. The van der Waals surface area contributed by atoms with E-state index in [0.717, 1.165) is 12.8 Å². The van der Waals surface area contributed by atoms with Gasteiger partial charge >= 0.3 is 5.97 Å². The highest BCUT2D eigenvalue weighted by molar-refractivity contribution is 5.95. The Morgan fingerprint density at radius 2 is 2.00 bits per heavy atom. The van der Waals surface area contributed by atoms with Crippen molar-refractivity contribution in [1.82, 2.24) is 4.57 Å². The summed E-state index contributed by atoms with van der Waals surface area (Å²) in [5, 5.41) is 9.53. The van der Waals surface area contributed by atoms with E-state index >= 15 is 0 Å². The molecule has 0 saturated heterocycles. The predicted octanol–water partition coefficient (Wildman–Crippen LogP) is 2.05. The predicted molar refractivity (Wildman–Crippen MR) is 76.5 cm³/mol. The number of fused-ring (bicyclic) bond motifs is 1. The van der Waals surface area contributed by atoms with Crippen LogP contribution < -0.4 is 14.9 Å². The summed E-state index contributed by atoms with van der Waals surface area (Å²) < 4.78 is 12.3. The molecule has 1 aliphatic rings. The van der Waals surface area contributed by atoms with Crippen molar-refractivity contribution in [3.8, 4) is 11.5 Å². The standard InChI is InChI=1S/C15H15NO5/c1-20-9-5-10-13(12(6-9)21-2)16(8-3-4-8)7-11(14(10)17)15(18)19/h5-8H,3-4H2,1-2H3,(H,18,19). The molecule has 1 aromatic carbocycles. The number of carboxylic acid groups (broad SMARTS) is 1. The molecule has 0 amide bonds. The van der Waals surface area contributed by atoms with Crippen molar-refractivity contribution in [2.45, 2.75) is 18.9 Å². The van der Waals surface area contributed by atoms with Crippen LogP contribution in [0.5, 0.6) is 11.5 Å². The summed E-state index contributed by atoms with van der Waals surface area (Å²) in [6.45, 7) is 0. The van der Waals surface area contributed by atoms with Gasteiger partial charge in [-0.2, -0.15) is 0 Å². The fourth-order valence-corrected chi connectivity index (χ4v) is 2.50. The zero-order valence-corrected chi connectivity index (χ0v) is 11.8. The third-order valence-electron chi connectivity index (χ3n) is 3.69. The summed E-state index contributed by atoms with van der Waals surface area (Å²) in [7, 11) is 3.00. The lowest BCUT2D eigenvalue weighted by Gasteiger charge is -2.15. The van der Waals surface area contributed by atoms with Gasteiger partial charge in [-0.1, -0.05) is 0 Å². The van der Waals surface area contributed by atoms with Gasteiger partial charge in [0.15, 0.2) is 0 Å². The summed E-state index contributed by atoms with van der Waals surface area (Å²) in [5.74, 6) is -0.260. The van der Waals surface area contributed by atoms with Crippen molar-refractivity contribution in [2.75, 3.05) is 14.2 Å². The second kappa shape index (κ2) is 4.80. The zero-order chi connectivity index (χ0) is 15.1. The third kappa shape index (κ3) is 2.12. The van der Waals surface area contributed by atoms with Gasteiger partial charge in [-0.05, 0) is 18.9 Å². The number of pyridine rings is 1. The van der Waals surface area contributed by atoms with E-state index in [1.165, 1.54) is 20.4 Å². The Labute approximate surface area is 120 Å². The Balaban J connectivity index is 2.45. The topological polar surface area (TPSA) is 77.8 Å². The number of aromatic nitrogens is 1. The van der Waals surface area contributed by atoms with E-state index in [2.05, 4.69) is 0 Å². The molecule has 6 nitrogen and oxygen atoms in total. The van der Waals surface area contributed by atoms with Gasteiger partial charge in [-0.15, -0.1) is 0 Å². The molecule has 0 atom stereocenters. The first-order valence-electron chi connectivity index (χ1n) is 6.61. The molecule has 3 rings (SSSR count). The van der Waals surface area contributed by atoms with Gasteiger partial charge in [0.05, 0.1) is 25.1 Å². The van der Waals surface area contributed by atoms with E-state index in [9.17, 15) is 14.7 Å². The number of aromatic carboxylic acids is 1. The lowest BCUT2D eigenvalue weighted by atomic mass is 10.1. The maximum Gasteiger partial charge on any atom is 0.341 e. The minimum absolute atomic E-state index is 0.216. The van der Waals surface area contributed by atoms with Crippen molar-refractivity contribution in [1.29, 1.82) is 0 Å². The number of nitrogens with zero attached hydrogens (tertiary/aromatic N) is 1. The number of hydrogen-bond donors (Lipinski definition) is 1. The SMILES string of the molecule is COc1cc(OC)c2c(c1)c(=O)c(C(=O)O)cn2C1CC1. The van der Waals surface area contributed by atoms with Crippen molar-refractivity contribution in [3.05, 3.63) is 34.1 Å². The smallest absolute Gasteiger partial charge is 0.341 e. The highest BCUT2D eigenvalue weighted by atomic mass is 16.5. The summed E-state index contributed by atoms with van der Waals surface area (Å²) >= 11 is 0. The molecule has 0 aliphatic heterocycles. The zero-order valence-electron chi connectivity index (χ0n) is 11.8. The van der Waals surface area contributed by atoms with E-state index in [4.69, 9.17) is 9.47 Å². The first-order valence-corrected chi connectivity index (χ1v) is 6.61. The van der Waals surface area contributed by atoms with Crippen LogP contribution in [0.15, 0.2) is 23.1 Å². The van der Waals surface area contributed by atoms with Gasteiger partial charge in [0.2, 0.25) is 5.43 Å². The molecule has 6 heteroatoms. The van der Waals surface area contributed by atoms with Crippen molar-refractivity contribution in [3.63, 3.8) is 0 Å². The molecule has 0 spiro atoms. The second-order valence-corrected chi connectivity index (χ2v) is 5.04. The highest BCUT2D eigenvalue weighted by Crippen LogP contribution is 2.40. The Kier molecular flexibility index (Phi) is 3.08. The molecule has 0 unspecified atom stereocenters. The van der Waals surface area contributed by atoms with E-state index < -0.39 is 11.4 Å². The molecule has 110 valence electrons. The summed E-state index contributed by atoms with van der Waals surface area (Å²) in [6.07, 6.45) is 3.35. The molecule has 2 aromatic rings. The fraction of sp³-hybridized carbons (Fsp3) is 0.333. The average Bonchev–Trinajstić information content (AvgIpc) is 3.31. The second-order valence-electron chi connectivity index (χ2n) is 5.04. The van der Waals surface area contributed by atoms with Gasteiger partial charge in [0.1, 0.15) is 17.1 Å². The molecular weight excluding hydrogens is 274 g/mol. The van der Waals surface area contributed by atoms with Crippen LogP contribution in [-0.4, -0.2) is 29.9 Å². The summed E-state index contributed by atoms with van der Waals surface area (Å²) in [4.78, 5) is 23.7. The van der Waals surface area contributed by atoms with Crippen molar-refractivity contribution >= 4 is 16.9 Å². The van der Waals surface area contributed by atoms with E-state index in [1.54, 1.807) is 12.1 Å². The molecule has 1 saturated carbocycles. The van der Waals surface area contributed by atoms with Crippen LogP contribution >= 0.6 is 0 Å².